The number of aliphatic carboxylic acids is 2. The van der Waals surface area contributed by atoms with Crippen LogP contribution in [0.3, 0.4) is 0 Å². The van der Waals surface area contributed by atoms with E-state index in [1.54, 1.807) is 0 Å². The molecule has 0 aromatic rings. The maximum Gasteiger partial charge on any atom is 0.339 e. The molecule has 6 heteroatoms. The molecule has 0 bridgehead atoms. The van der Waals surface area contributed by atoms with E-state index < -0.39 is 23.5 Å². The Balaban J connectivity index is 3.23. The zero-order chi connectivity index (χ0) is 22.6. The summed E-state index contributed by atoms with van der Waals surface area (Å²) in [4.78, 5) is 24.4. The Morgan fingerprint density at radius 3 is 2.00 bits per heavy atom. The van der Waals surface area contributed by atoms with Crippen molar-refractivity contribution in [3.63, 3.8) is 0 Å². The van der Waals surface area contributed by atoms with E-state index in [-0.39, 0.29) is 11.3 Å². The molecule has 1 rings (SSSR count). The molecule has 6 nitrogen and oxygen atoms in total. The third-order valence-corrected chi connectivity index (χ3v) is 5.85. The van der Waals surface area contributed by atoms with E-state index in [1.165, 1.54) is 6.08 Å². The molecule has 2 unspecified atom stereocenters. The van der Waals surface area contributed by atoms with Gasteiger partial charge in [0.1, 0.15) is 22.9 Å². The summed E-state index contributed by atoms with van der Waals surface area (Å²) >= 11 is 0. The molecule has 0 amide bonds. The van der Waals surface area contributed by atoms with Gasteiger partial charge in [0.25, 0.3) is 0 Å². The summed E-state index contributed by atoms with van der Waals surface area (Å²) in [7, 11) is 0. The van der Waals surface area contributed by atoms with Crippen molar-refractivity contribution in [2.24, 2.45) is 5.92 Å². The smallest absolute Gasteiger partial charge is 0.339 e. The van der Waals surface area contributed by atoms with Gasteiger partial charge in [-0.3, -0.25) is 4.79 Å². The first-order valence-electron chi connectivity index (χ1n) is 11.6. The monoisotopic (exact) mass is 424 g/mol. The first kappa shape index (κ1) is 26.2. The molecule has 2 atom stereocenters. The molecule has 0 saturated carbocycles. The highest BCUT2D eigenvalue weighted by atomic mass is 16.5. The van der Waals surface area contributed by atoms with Crippen molar-refractivity contribution >= 4 is 11.9 Å². The second-order valence-electron chi connectivity index (χ2n) is 7.92. The fraction of sp³-hybridized carbons (Fsp3) is 0.750. The summed E-state index contributed by atoms with van der Waals surface area (Å²) in [5.74, 6) is -2.92. The highest BCUT2D eigenvalue weighted by molar-refractivity contribution is 5.94. The van der Waals surface area contributed by atoms with Gasteiger partial charge in [0.05, 0.1) is 6.61 Å². The van der Waals surface area contributed by atoms with Crippen molar-refractivity contribution in [3.8, 4) is 0 Å². The van der Waals surface area contributed by atoms with Gasteiger partial charge in [-0.25, -0.2) is 4.79 Å². The van der Waals surface area contributed by atoms with Crippen molar-refractivity contribution in [3.05, 3.63) is 23.0 Å². The van der Waals surface area contributed by atoms with Gasteiger partial charge < -0.3 is 19.7 Å². The quantitative estimate of drug-likeness (QED) is 0.308. The summed E-state index contributed by atoms with van der Waals surface area (Å²) < 4.78 is 12.0. The first-order chi connectivity index (χ1) is 14.4. The Kier molecular flexibility index (Phi) is 11.8. The molecule has 0 saturated heterocycles. The predicted octanol–water partition coefficient (Wildman–Crippen LogP) is 5.72. The van der Waals surface area contributed by atoms with Crippen LogP contribution in [0.25, 0.3) is 0 Å². The molecule has 0 heterocycles. The zero-order valence-electron chi connectivity index (χ0n) is 19.2. The lowest BCUT2D eigenvalue weighted by Gasteiger charge is -2.42. The molecule has 0 aromatic carbocycles. The largest absolute Gasteiger partial charge is 0.493 e. The third kappa shape index (κ3) is 6.59. The Hall–Kier alpha value is -1.82. The molecular formula is C24H40O6. The van der Waals surface area contributed by atoms with E-state index >= 15 is 0 Å². The van der Waals surface area contributed by atoms with Crippen LogP contribution < -0.4 is 0 Å². The van der Waals surface area contributed by atoms with Crippen LogP contribution >= 0.6 is 0 Å². The maximum atomic E-state index is 12.2. The average Bonchev–Trinajstić information content (AvgIpc) is 2.72. The van der Waals surface area contributed by atoms with Crippen LogP contribution in [0.4, 0.5) is 0 Å². The number of carboxylic acids is 2. The van der Waals surface area contributed by atoms with Gasteiger partial charge in [0.15, 0.2) is 0 Å². The van der Waals surface area contributed by atoms with Crippen LogP contribution in [-0.2, 0) is 19.1 Å². The van der Waals surface area contributed by atoms with Crippen LogP contribution in [0, 0.1) is 5.92 Å². The predicted molar refractivity (Wildman–Crippen MR) is 117 cm³/mol. The molecule has 0 aliphatic heterocycles. The summed E-state index contributed by atoms with van der Waals surface area (Å²) in [5, 5.41) is 20.0. The minimum absolute atomic E-state index is 0.0703. The lowest BCUT2D eigenvalue weighted by molar-refractivity contribution is -0.152. The van der Waals surface area contributed by atoms with Gasteiger partial charge >= 0.3 is 11.9 Å². The number of ether oxygens (including phenoxy) is 2. The van der Waals surface area contributed by atoms with Gasteiger partial charge in [-0.2, -0.15) is 0 Å². The molecule has 30 heavy (non-hydrogen) atoms. The summed E-state index contributed by atoms with van der Waals surface area (Å²) in [5.41, 5.74) is -0.567. The SMILES string of the molecule is CCCCCCOC1=CC(C(=O)O)C(CC)(OCCCCCC)C(CC)=C1C(=O)O. The van der Waals surface area contributed by atoms with Crippen molar-refractivity contribution in [1.29, 1.82) is 0 Å². The number of carboxylic acid groups (broad SMARTS) is 2. The number of hydrogen-bond acceptors (Lipinski definition) is 4. The fourth-order valence-electron chi connectivity index (χ4n) is 4.23. The van der Waals surface area contributed by atoms with Crippen molar-refractivity contribution < 1.29 is 29.3 Å². The molecule has 0 spiro atoms. The summed E-state index contributed by atoms with van der Waals surface area (Å²) in [6, 6.07) is 0. The highest BCUT2D eigenvalue weighted by Gasteiger charge is 2.50. The topological polar surface area (TPSA) is 93.1 Å². The standard InChI is InChI=1S/C24H40O6/c1-5-9-11-13-15-29-20-17-19(22(25)26)24(8-4,30-16-14-12-10-6-2)18(7-3)21(20)23(27)28/h17,19H,5-16H2,1-4H3,(H,25,26)(H,27,28). The molecule has 1 aliphatic carbocycles. The van der Waals surface area contributed by atoms with E-state index in [1.807, 2.05) is 13.8 Å². The van der Waals surface area contributed by atoms with Gasteiger partial charge in [0, 0.05) is 6.61 Å². The normalized spacial score (nSPS) is 21.5. The number of unbranched alkanes of at least 4 members (excludes halogenated alkanes) is 6. The average molecular weight is 425 g/mol. The van der Waals surface area contributed by atoms with Crippen LogP contribution in [0.2, 0.25) is 0 Å². The van der Waals surface area contributed by atoms with Crippen LogP contribution in [0.15, 0.2) is 23.0 Å². The first-order valence-corrected chi connectivity index (χ1v) is 11.6. The second kappa shape index (κ2) is 13.5. The molecule has 172 valence electrons. The van der Waals surface area contributed by atoms with Gasteiger partial charge in [0.2, 0.25) is 0 Å². The molecule has 0 radical (unpaired) electrons. The minimum atomic E-state index is -1.16. The van der Waals surface area contributed by atoms with Crippen LogP contribution in [-0.4, -0.2) is 41.0 Å². The summed E-state index contributed by atoms with van der Waals surface area (Å²) in [6.07, 6.45) is 10.3. The van der Waals surface area contributed by atoms with Crippen LogP contribution in [0.1, 0.15) is 91.9 Å². The highest BCUT2D eigenvalue weighted by Crippen LogP contribution is 2.45. The van der Waals surface area contributed by atoms with Gasteiger partial charge in [-0.1, -0.05) is 66.2 Å². The summed E-state index contributed by atoms with van der Waals surface area (Å²) in [6.45, 7) is 8.75. The molecular weight excluding hydrogens is 384 g/mol. The van der Waals surface area contributed by atoms with E-state index in [4.69, 9.17) is 9.47 Å². The molecule has 0 fully saturated rings. The van der Waals surface area contributed by atoms with Crippen molar-refractivity contribution in [2.45, 2.75) is 97.5 Å². The van der Waals surface area contributed by atoms with Gasteiger partial charge in [-0.15, -0.1) is 0 Å². The van der Waals surface area contributed by atoms with Gasteiger partial charge in [-0.05, 0) is 37.3 Å². The Labute approximate surface area is 181 Å². The van der Waals surface area contributed by atoms with Crippen LogP contribution in [0.5, 0.6) is 0 Å². The number of carbonyl (C=O) groups is 2. The van der Waals surface area contributed by atoms with E-state index in [9.17, 15) is 19.8 Å². The fourth-order valence-corrected chi connectivity index (χ4v) is 4.23. The van der Waals surface area contributed by atoms with E-state index in [2.05, 4.69) is 13.8 Å². The Morgan fingerprint density at radius 1 is 0.933 bits per heavy atom. The molecule has 2 N–H and O–H groups in total. The lowest BCUT2D eigenvalue weighted by atomic mass is 9.71. The Morgan fingerprint density at radius 2 is 1.53 bits per heavy atom. The van der Waals surface area contributed by atoms with E-state index in [0.717, 1.165) is 51.4 Å². The van der Waals surface area contributed by atoms with Crippen molar-refractivity contribution in [2.75, 3.05) is 13.2 Å². The second-order valence-corrected chi connectivity index (χ2v) is 7.92. The van der Waals surface area contributed by atoms with E-state index in [0.29, 0.717) is 31.6 Å². The molecule has 1 aliphatic rings. The van der Waals surface area contributed by atoms with Crippen molar-refractivity contribution in [1.82, 2.24) is 0 Å². The zero-order valence-corrected chi connectivity index (χ0v) is 19.2. The lowest BCUT2D eigenvalue weighted by Crippen LogP contribution is -2.49. The third-order valence-electron chi connectivity index (χ3n) is 5.85. The minimum Gasteiger partial charge on any atom is -0.493 e. The number of rotatable bonds is 16. The maximum absolute atomic E-state index is 12.2. The Bertz CT molecular complexity index is 621. The number of hydrogen-bond donors (Lipinski definition) is 2. The molecule has 0 aromatic heterocycles.